The number of carbonyl (C=O) groups is 2. The standard InChI is InChI=1S/C24H15Cl3N2O3S2/c25-15-3-5-19(6-4-15)29-23(31)21(34-24(29)33)9-14-1-7-20(8-2-14)32-13-22(30)28-18-11-16(26)10-17(27)12-18/h1-12H,13H2,(H,28,30)/b21-9-. The first kappa shape index (κ1) is 24.6. The fourth-order valence-electron chi connectivity index (χ4n) is 3.06. The summed E-state index contributed by atoms with van der Waals surface area (Å²) in [5.74, 6) is -0.0474. The number of rotatable bonds is 6. The molecule has 4 rings (SSSR count). The van der Waals surface area contributed by atoms with Crippen LogP contribution in [0.4, 0.5) is 11.4 Å². The highest BCUT2D eigenvalue weighted by molar-refractivity contribution is 8.27. The highest BCUT2D eigenvalue weighted by atomic mass is 35.5. The van der Waals surface area contributed by atoms with Crippen molar-refractivity contribution in [2.75, 3.05) is 16.8 Å². The van der Waals surface area contributed by atoms with E-state index in [0.717, 1.165) is 5.56 Å². The van der Waals surface area contributed by atoms with Gasteiger partial charge in [0.25, 0.3) is 11.8 Å². The van der Waals surface area contributed by atoms with Crippen LogP contribution in [0.1, 0.15) is 5.56 Å². The Hall–Kier alpha value is -2.55. The van der Waals surface area contributed by atoms with Crippen molar-refractivity contribution in [1.29, 1.82) is 0 Å². The third-order valence-corrected chi connectivity index (χ3v) is 6.56. The molecule has 0 radical (unpaired) electrons. The summed E-state index contributed by atoms with van der Waals surface area (Å²) in [6.45, 7) is -0.191. The van der Waals surface area contributed by atoms with Crippen molar-refractivity contribution in [3.63, 3.8) is 0 Å². The van der Waals surface area contributed by atoms with Crippen LogP contribution >= 0.6 is 58.8 Å². The van der Waals surface area contributed by atoms with Crippen LogP contribution in [0.5, 0.6) is 5.75 Å². The second-order valence-corrected chi connectivity index (χ2v) is 10.0. The molecule has 1 N–H and O–H groups in total. The Morgan fingerprint density at radius 1 is 0.971 bits per heavy atom. The van der Waals surface area contributed by atoms with Crippen molar-refractivity contribution >= 4 is 92.4 Å². The van der Waals surface area contributed by atoms with Crippen molar-refractivity contribution in [3.8, 4) is 5.75 Å². The molecular formula is C24H15Cl3N2O3S2. The molecule has 10 heteroatoms. The van der Waals surface area contributed by atoms with Gasteiger partial charge in [-0.2, -0.15) is 0 Å². The Bertz CT molecular complexity index is 1280. The van der Waals surface area contributed by atoms with E-state index in [0.29, 0.717) is 41.4 Å². The Morgan fingerprint density at radius 3 is 2.26 bits per heavy atom. The van der Waals surface area contributed by atoms with E-state index in [2.05, 4.69) is 5.32 Å². The van der Waals surface area contributed by atoms with Crippen LogP contribution < -0.4 is 15.0 Å². The van der Waals surface area contributed by atoms with Gasteiger partial charge >= 0.3 is 0 Å². The average molecular weight is 550 g/mol. The second kappa shape index (κ2) is 10.8. The third-order valence-electron chi connectivity index (χ3n) is 4.57. The number of anilines is 2. The second-order valence-electron chi connectivity index (χ2n) is 7.06. The summed E-state index contributed by atoms with van der Waals surface area (Å²) in [6, 6.07) is 18.7. The summed E-state index contributed by atoms with van der Waals surface area (Å²) >= 11 is 24.4. The van der Waals surface area contributed by atoms with Gasteiger partial charge in [-0.25, -0.2) is 0 Å². The van der Waals surface area contributed by atoms with Crippen molar-refractivity contribution in [2.24, 2.45) is 0 Å². The zero-order chi connectivity index (χ0) is 24.2. The maximum Gasteiger partial charge on any atom is 0.270 e. The molecule has 0 bridgehead atoms. The summed E-state index contributed by atoms with van der Waals surface area (Å²) < 4.78 is 5.99. The lowest BCUT2D eigenvalue weighted by Gasteiger charge is -2.14. The lowest BCUT2D eigenvalue weighted by atomic mass is 10.2. The summed E-state index contributed by atoms with van der Waals surface area (Å²) in [4.78, 5) is 27.0. The Balaban J connectivity index is 1.37. The van der Waals surface area contributed by atoms with Gasteiger partial charge in [0.15, 0.2) is 10.9 Å². The van der Waals surface area contributed by atoms with Gasteiger partial charge in [-0.1, -0.05) is 70.9 Å². The molecule has 0 aliphatic carbocycles. The van der Waals surface area contributed by atoms with E-state index in [1.807, 2.05) is 0 Å². The molecule has 0 unspecified atom stereocenters. The lowest BCUT2D eigenvalue weighted by molar-refractivity contribution is -0.118. The summed E-state index contributed by atoms with van der Waals surface area (Å²) in [7, 11) is 0. The Morgan fingerprint density at radius 2 is 1.62 bits per heavy atom. The Labute approximate surface area is 220 Å². The molecule has 0 saturated carbocycles. The van der Waals surface area contributed by atoms with E-state index in [1.54, 1.807) is 72.8 Å². The SMILES string of the molecule is O=C(COc1ccc(/C=C2\SC(=S)N(c3ccc(Cl)cc3)C2=O)cc1)Nc1cc(Cl)cc(Cl)c1. The molecular weight excluding hydrogens is 535 g/mol. The molecule has 34 heavy (non-hydrogen) atoms. The molecule has 0 atom stereocenters. The van der Waals surface area contributed by atoms with Crippen molar-refractivity contribution in [2.45, 2.75) is 0 Å². The Kier molecular flexibility index (Phi) is 7.80. The number of ether oxygens (including phenoxy) is 1. The maximum atomic E-state index is 12.9. The molecule has 0 aromatic heterocycles. The van der Waals surface area contributed by atoms with Crippen LogP contribution in [0.15, 0.2) is 71.6 Å². The summed E-state index contributed by atoms with van der Waals surface area (Å²) in [6.07, 6.45) is 1.76. The predicted octanol–water partition coefficient (Wildman–Crippen LogP) is 7.07. The fourth-order valence-corrected chi connectivity index (χ4v) is 5.02. The minimum absolute atomic E-state index is 0.191. The van der Waals surface area contributed by atoms with E-state index >= 15 is 0 Å². The van der Waals surface area contributed by atoms with Crippen molar-refractivity contribution in [3.05, 3.63) is 92.3 Å². The number of halogens is 3. The van der Waals surface area contributed by atoms with Crippen LogP contribution in [0.3, 0.4) is 0 Å². The van der Waals surface area contributed by atoms with Gasteiger partial charge < -0.3 is 10.1 Å². The van der Waals surface area contributed by atoms with E-state index < -0.39 is 0 Å². The highest BCUT2D eigenvalue weighted by Crippen LogP contribution is 2.36. The number of nitrogens with zero attached hydrogens (tertiary/aromatic N) is 1. The average Bonchev–Trinajstić information content (AvgIpc) is 3.06. The third kappa shape index (κ3) is 6.11. The normalized spacial score (nSPS) is 14.6. The van der Waals surface area contributed by atoms with Gasteiger partial charge in [-0.15, -0.1) is 0 Å². The van der Waals surface area contributed by atoms with Crippen LogP contribution in [-0.4, -0.2) is 22.7 Å². The van der Waals surface area contributed by atoms with Crippen molar-refractivity contribution in [1.82, 2.24) is 0 Å². The van der Waals surface area contributed by atoms with E-state index in [9.17, 15) is 9.59 Å². The highest BCUT2D eigenvalue weighted by Gasteiger charge is 2.33. The molecule has 5 nitrogen and oxygen atoms in total. The quantitative estimate of drug-likeness (QED) is 0.263. The molecule has 1 fully saturated rings. The number of thiocarbonyl (C=S) groups is 1. The molecule has 1 aliphatic rings. The summed E-state index contributed by atoms with van der Waals surface area (Å²) in [5.41, 5.74) is 1.94. The molecule has 1 aliphatic heterocycles. The number of benzene rings is 3. The zero-order valence-electron chi connectivity index (χ0n) is 17.3. The maximum absolute atomic E-state index is 12.9. The minimum atomic E-state index is -0.353. The smallest absolute Gasteiger partial charge is 0.270 e. The van der Waals surface area contributed by atoms with E-state index in [-0.39, 0.29) is 18.4 Å². The molecule has 1 heterocycles. The molecule has 1 saturated heterocycles. The van der Waals surface area contributed by atoms with Gasteiger partial charge in [0.2, 0.25) is 0 Å². The largest absolute Gasteiger partial charge is 0.484 e. The van der Waals surface area contributed by atoms with Gasteiger partial charge in [0.1, 0.15) is 5.75 Å². The molecule has 0 spiro atoms. The minimum Gasteiger partial charge on any atom is -0.484 e. The number of hydrogen-bond donors (Lipinski definition) is 1. The van der Waals surface area contributed by atoms with Crippen molar-refractivity contribution < 1.29 is 14.3 Å². The fraction of sp³-hybridized carbons (Fsp3) is 0.0417. The molecule has 2 amide bonds. The molecule has 3 aromatic carbocycles. The number of thioether (sulfide) groups is 1. The molecule has 172 valence electrons. The van der Waals surface area contributed by atoms with Crippen LogP contribution in [-0.2, 0) is 9.59 Å². The van der Waals surface area contributed by atoms with Crippen LogP contribution in [0.25, 0.3) is 6.08 Å². The van der Waals surface area contributed by atoms with E-state index in [1.165, 1.54) is 16.7 Å². The first-order valence-corrected chi connectivity index (χ1v) is 12.2. The van der Waals surface area contributed by atoms with Gasteiger partial charge in [-0.3, -0.25) is 14.5 Å². The number of carbonyl (C=O) groups excluding carboxylic acids is 2. The summed E-state index contributed by atoms with van der Waals surface area (Å²) in [5, 5.41) is 4.10. The van der Waals surface area contributed by atoms with Gasteiger partial charge in [0.05, 0.1) is 10.6 Å². The zero-order valence-corrected chi connectivity index (χ0v) is 21.2. The van der Waals surface area contributed by atoms with Crippen LogP contribution in [0, 0.1) is 0 Å². The monoisotopic (exact) mass is 548 g/mol. The number of nitrogens with one attached hydrogen (secondary N) is 1. The van der Waals surface area contributed by atoms with Gasteiger partial charge in [-0.05, 0) is 66.2 Å². The first-order chi connectivity index (χ1) is 16.3. The van der Waals surface area contributed by atoms with Gasteiger partial charge in [0, 0.05) is 20.8 Å². The molecule has 3 aromatic rings. The topological polar surface area (TPSA) is 58.6 Å². The lowest BCUT2D eigenvalue weighted by Crippen LogP contribution is -2.27. The number of hydrogen-bond acceptors (Lipinski definition) is 5. The predicted molar refractivity (Wildman–Crippen MR) is 144 cm³/mol. The van der Waals surface area contributed by atoms with E-state index in [4.69, 9.17) is 51.8 Å². The van der Waals surface area contributed by atoms with Crippen LogP contribution in [0.2, 0.25) is 15.1 Å². The first-order valence-electron chi connectivity index (χ1n) is 9.81. The number of amides is 2.